The Hall–Kier alpha value is -1.10. The molecule has 3 atom stereocenters. The van der Waals surface area contributed by atoms with Gasteiger partial charge in [0, 0.05) is 0 Å². The van der Waals surface area contributed by atoms with Gasteiger partial charge < -0.3 is 19.0 Å². The molecule has 1 N–H and O–H groups in total. The lowest BCUT2D eigenvalue weighted by molar-refractivity contribution is -0.141. The smallest absolute Gasteiger partial charge is 0.164 e. The Bertz CT molecular complexity index is 380. The summed E-state index contributed by atoms with van der Waals surface area (Å²) in [7, 11) is 0. The van der Waals surface area contributed by atoms with Gasteiger partial charge in [-0.1, -0.05) is 6.08 Å². The average Bonchev–Trinajstić information content (AvgIpc) is 2.82. The molecule has 0 unspecified atom stereocenters. The van der Waals surface area contributed by atoms with Crippen molar-refractivity contribution in [3.8, 4) is 0 Å². The van der Waals surface area contributed by atoms with Crippen LogP contribution in [0.5, 0.6) is 0 Å². The first-order valence-electron chi connectivity index (χ1n) is 5.73. The molecule has 0 amide bonds. The molecule has 1 fully saturated rings. The lowest BCUT2D eigenvalue weighted by atomic mass is 10.2. The highest BCUT2D eigenvalue weighted by atomic mass is 16.7. The summed E-state index contributed by atoms with van der Waals surface area (Å²) in [5.74, 6) is -0.0450. The Morgan fingerprint density at radius 3 is 2.71 bits per heavy atom. The maximum absolute atomic E-state index is 9.81. The van der Waals surface area contributed by atoms with Gasteiger partial charge in [0.05, 0.1) is 12.4 Å². The molecule has 4 heteroatoms. The van der Waals surface area contributed by atoms with Crippen LogP contribution in [0.2, 0.25) is 0 Å². The zero-order valence-corrected chi connectivity index (χ0v) is 10.3. The lowest BCUT2D eigenvalue weighted by Crippen LogP contribution is -2.20. The standard InChI is InChI=1S/C13H18O4/c1-9-11(17-13(2,3)16-9)7-6-10(14)12-5-4-8-15-12/h4-11,14H,1-3H3/b7-6+/t9-,10-,11-/m0/s1. The molecular weight excluding hydrogens is 220 g/mol. The van der Waals surface area contributed by atoms with Crippen molar-refractivity contribution >= 4 is 0 Å². The van der Waals surface area contributed by atoms with E-state index in [1.807, 2.05) is 26.8 Å². The summed E-state index contributed by atoms with van der Waals surface area (Å²) in [5, 5.41) is 9.81. The molecule has 94 valence electrons. The molecule has 1 saturated heterocycles. The first kappa shape index (κ1) is 12.4. The van der Waals surface area contributed by atoms with Crippen molar-refractivity contribution in [2.24, 2.45) is 0 Å². The second-order valence-corrected chi connectivity index (χ2v) is 4.65. The summed E-state index contributed by atoms with van der Waals surface area (Å²) < 4.78 is 16.4. The van der Waals surface area contributed by atoms with Gasteiger partial charge in [0.1, 0.15) is 18.0 Å². The zero-order chi connectivity index (χ0) is 12.5. The van der Waals surface area contributed by atoms with E-state index >= 15 is 0 Å². The minimum absolute atomic E-state index is 0.0231. The van der Waals surface area contributed by atoms with Crippen LogP contribution in [0.15, 0.2) is 35.0 Å². The monoisotopic (exact) mass is 238 g/mol. The van der Waals surface area contributed by atoms with Crippen molar-refractivity contribution in [1.82, 2.24) is 0 Å². The molecule has 0 bridgehead atoms. The van der Waals surface area contributed by atoms with Gasteiger partial charge in [-0.3, -0.25) is 0 Å². The predicted molar refractivity (Wildman–Crippen MR) is 62.3 cm³/mol. The molecule has 2 heterocycles. The first-order chi connectivity index (χ1) is 7.98. The van der Waals surface area contributed by atoms with E-state index in [-0.39, 0.29) is 12.2 Å². The van der Waals surface area contributed by atoms with E-state index < -0.39 is 11.9 Å². The largest absolute Gasteiger partial charge is 0.466 e. The number of aliphatic hydroxyl groups excluding tert-OH is 1. The second kappa shape index (κ2) is 4.64. The highest BCUT2D eigenvalue weighted by molar-refractivity contribution is 5.10. The van der Waals surface area contributed by atoms with Gasteiger partial charge in [0.25, 0.3) is 0 Å². The molecule has 1 aliphatic rings. The summed E-state index contributed by atoms with van der Waals surface area (Å²) in [6.45, 7) is 5.70. The lowest BCUT2D eigenvalue weighted by Gasteiger charge is -2.15. The Kier molecular flexibility index (Phi) is 3.38. The molecule has 1 aromatic heterocycles. The molecule has 4 nitrogen and oxygen atoms in total. The van der Waals surface area contributed by atoms with Crippen LogP contribution in [0, 0.1) is 0 Å². The van der Waals surface area contributed by atoms with Gasteiger partial charge in [-0.2, -0.15) is 0 Å². The van der Waals surface area contributed by atoms with Gasteiger partial charge in [-0.25, -0.2) is 0 Å². The average molecular weight is 238 g/mol. The number of rotatable bonds is 3. The number of aliphatic hydroxyl groups is 1. The number of hydrogen-bond donors (Lipinski definition) is 1. The third kappa shape index (κ3) is 2.97. The minimum Gasteiger partial charge on any atom is -0.466 e. The first-order valence-corrected chi connectivity index (χ1v) is 5.73. The van der Waals surface area contributed by atoms with Crippen molar-refractivity contribution in [2.75, 3.05) is 0 Å². The minimum atomic E-state index is -0.746. The van der Waals surface area contributed by atoms with Crippen LogP contribution in [-0.4, -0.2) is 23.1 Å². The molecule has 1 aliphatic heterocycles. The van der Waals surface area contributed by atoms with E-state index in [0.29, 0.717) is 5.76 Å². The molecule has 0 aliphatic carbocycles. The molecule has 0 saturated carbocycles. The van der Waals surface area contributed by atoms with Crippen LogP contribution in [0.1, 0.15) is 32.6 Å². The Balaban J connectivity index is 1.97. The third-order valence-electron chi connectivity index (χ3n) is 2.67. The maximum atomic E-state index is 9.81. The van der Waals surface area contributed by atoms with Crippen LogP contribution < -0.4 is 0 Å². The summed E-state index contributed by atoms with van der Waals surface area (Å²) >= 11 is 0. The summed E-state index contributed by atoms with van der Waals surface area (Å²) in [5.41, 5.74) is 0. The summed E-state index contributed by atoms with van der Waals surface area (Å²) in [4.78, 5) is 0. The van der Waals surface area contributed by atoms with Gasteiger partial charge in [-0.15, -0.1) is 0 Å². The fraction of sp³-hybridized carbons (Fsp3) is 0.538. The number of ether oxygens (including phenoxy) is 2. The van der Waals surface area contributed by atoms with Crippen LogP contribution in [-0.2, 0) is 9.47 Å². The van der Waals surface area contributed by atoms with E-state index in [1.54, 1.807) is 18.2 Å². The summed E-state index contributed by atoms with van der Waals surface area (Å²) in [6, 6.07) is 3.47. The number of hydrogen-bond acceptors (Lipinski definition) is 4. The van der Waals surface area contributed by atoms with E-state index in [2.05, 4.69) is 0 Å². The molecule has 2 rings (SSSR count). The van der Waals surface area contributed by atoms with Crippen LogP contribution in [0.3, 0.4) is 0 Å². The maximum Gasteiger partial charge on any atom is 0.164 e. The van der Waals surface area contributed by atoms with E-state index in [4.69, 9.17) is 13.9 Å². The van der Waals surface area contributed by atoms with Crippen molar-refractivity contribution in [3.63, 3.8) is 0 Å². The van der Waals surface area contributed by atoms with Gasteiger partial charge in [0.2, 0.25) is 0 Å². The van der Waals surface area contributed by atoms with E-state index in [0.717, 1.165) is 0 Å². The highest BCUT2D eigenvalue weighted by Crippen LogP contribution is 2.29. The van der Waals surface area contributed by atoms with Crippen LogP contribution >= 0.6 is 0 Å². The summed E-state index contributed by atoms with van der Waals surface area (Å²) in [6.07, 6.45) is 4.09. The Morgan fingerprint density at radius 1 is 1.41 bits per heavy atom. The van der Waals surface area contributed by atoms with Crippen LogP contribution in [0.25, 0.3) is 0 Å². The molecule has 0 radical (unpaired) electrons. The zero-order valence-electron chi connectivity index (χ0n) is 10.3. The fourth-order valence-corrected chi connectivity index (χ4v) is 1.93. The van der Waals surface area contributed by atoms with Crippen molar-refractivity contribution < 1.29 is 19.0 Å². The number of furan rings is 1. The highest BCUT2D eigenvalue weighted by Gasteiger charge is 2.37. The quantitative estimate of drug-likeness (QED) is 0.821. The Morgan fingerprint density at radius 2 is 2.18 bits per heavy atom. The van der Waals surface area contributed by atoms with Gasteiger partial charge in [-0.05, 0) is 39.0 Å². The SMILES string of the molecule is C[C@@H]1OC(C)(C)O[C@H]1/C=C/[C@H](O)c1ccco1. The Labute approximate surface area is 101 Å². The molecule has 0 spiro atoms. The normalized spacial score (nSPS) is 29.9. The van der Waals surface area contributed by atoms with E-state index in [9.17, 15) is 5.11 Å². The van der Waals surface area contributed by atoms with Crippen LogP contribution in [0.4, 0.5) is 0 Å². The molecule has 17 heavy (non-hydrogen) atoms. The second-order valence-electron chi connectivity index (χ2n) is 4.65. The molecule has 1 aromatic rings. The predicted octanol–water partition coefficient (Wildman–Crippen LogP) is 2.41. The van der Waals surface area contributed by atoms with Crippen molar-refractivity contribution in [3.05, 3.63) is 36.3 Å². The van der Waals surface area contributed by atoms with Crippen molar-refractivity contribution in [2.45, 2.75) is 44.9 Å². The topological polar surface area (TPSA) is 51.8 Å². The molecular formula is C13H18O4. The third-order valence-corrected chi connectivity index (χ3v) is 2.67. The fourth-order valence-electron chi connectivity index (χ4n) is 1.93. The van der Waals surface area contributed by atoms with E-state index in [1.165, 1.54) is 6.26 Å². The molecule has 0 aromatic carbocycles. The van der Waals surface area contributed by atoms with Crippen molar-refractivity contribution in [1.29, 1.82) is 0 Å². The van der Waals surface area contributed by atoms with Gasteiger partial charge >= 0.3 is 0 Å². The van der Waals surface area contributed by atoms with Gasteiger partial charge in [0.15, 0.2) is 5.79 Å².